The van der Waals surface area contributed by atoms with Gasteiger partial charge in [-0.1, -0.05) is 0 Å². The van der Waals surface area contributed by atoms with Gasteiger partial charge in [0, 0.05) is 6.20 Å². The fourth-order valence-corrected chi connectivity index (χ4v) is 0.914. The van der Waals surface area contributed by atoms with Gasteiger partial charge < -0.3 is 10.2 Å². The number of carboxylic acid groups (broad SMARTS) is 2. The molecule has 0 saturated carbocycles. The quantitative estimate of drug-likeness (QED) is 0.750. The minimum atomic E-state index is -1.08. The van der Waals surface area contributed by atoms with Gasteiger partial charge in [0.05, 0.1) is 17.2 Å². The van der Waals surface area contributed by atoms with Crippen molar-refractivity contribution in [3.8, 4) is 0 Å². The molecule has 0 saturated heterocycles. The smallest absolute Gasteiger partial charge is 0.337 e. The Morgan fingerprint density at radius 1 is 1.36 bits per heavy atom. The van der Waals surface area contributed by atoms with E-state index in [4.69, 9.17) is 10.2 Å². The second-order valence-electron chi connectivity index (χ2n) is 2.84. The number of rotatable bonds is 3. The number of hydrogen-bond donors (Lipinski definition) is 2. The maximum Gasteiger partial charge on any atom is 0.337 e. The van der Waals surface area contributed by atoms with Crippen LogP contribution in [0.1, 0.15) is 28.9 Å². The second-order valence-corrected chi connectivity index (χ2v) is 2.84. The molecule has 0 aliphatic heterocycles. The lowest BCUT2D eigenvalue weighted by molar-refractivity contribution is -0.138. The largest absolute Gasteiger partial charge is 0.481 e. The van der Waals surface area contributed by atoms with Gasteiger partial charge in [0.1, 0.15) is 0 Å². The summed E-state index contributed by atoms with van der Waals surface area (Å²) in [6.07, 6.45) is 1.15. The van der Waals surface area contributed by atoms with Crippen LogP contribution in [0.3, 0.4) is 0 Å². The number of nitrogens with zero attached hydrogens (tertiary/aromatic N) is 1. The standard InChI is InChI=1S/C9H9NO4/c1-5(8(11)12)7-3-2-6(4-10-7)9(13)14/h2-5H,1H3,(H,11,12)(H,13,14). The first-order valence-electron chi connectivity index (χ1n) is 3.94. The first-order chi connectivity index (χ1) is 6.52. The highest BCUT2D eigenvalue weighted by Crippen LogP contribution is 2.12. The Kier molecular flexibility index (Phi) is 2.81. The highest BCUT2D eigenvalue weighted by atomic mass is 16.4. The summed E-state index contributed by atoms with van der Waals surface area (Å²) in [5.74, 6) is -2.79. The number of carboxylic acids is 2. The molecule has 5 heteroatoms. The molecule has 1 heterocycles. The van der Waals surface area contributed by atoms with Crippen molar-refractivity contribution in [2.75, 3.05) is 0 Å². The van der Waals surface area contributed by atoms with Crippen LogP contribution in [0.25, 0.3) is 0 Å². The molecule has 1 aromatic rings. The van der Waals surface area contributed by atoms with Gasteiger partial charge in [0.15, 0.2) is 0 Å². The van der Waals surface area contributed by atoms with E-state index in [1.807, 2.05) is 0 Å². The third-order valence-corrected chi connectivity index (χ3v) is 1.85. The fourth-order valence-electron chi connectivity index (χ4n) is 0.914. The van der Waals surface area contributed by atoms with Crippen LogP contribution in [0.5, 0.6) is 0 Å². The minimum absolute atomic E-state index is 0.0475. The first kappa shape index (κ1) is 10.2. The molecule has 1 unspecified atom stereocenters. The van der Waals surface area contributed by atoms with Gasteiger partial charge in [-0.25, -0.2) is 4.79 Å². The van der Waals surface area contributed by atoms with Crippen molar-refractivity contribution in [1.29, 1.82) is 0 Å². The Balaban J connectivity index is 2.94. The normalized spacial score (nSPS) is 12.1. The van der Waals surface area contributed by atoms with Gasteiger partial charge in [0.25, 0.3) is 0 Å². The van der Waals surface area contributed by atoms with E-state index in [9.17, 15) is 9.59 Å². The predicted octanol–water partition coefficient (Wildman–Crippen LogP) is 0.968. The molecule has 1 atom stereocenters. The highest BCUT2D eigenvalue weighted by Gasteiger charge is 2.15. The van der Waals surface area contributed by atoms with Crippen LogP contribution in [0.2, 0.25) is 0 Å². The number of pyridine rings is 1. The minimum Gasteiger partial charge on any atom is -0.481 e. The molecule has 0 aliphatic rings. The van der Waals surface area contributed by atoms with Crippen LogP contribution in [0.4, 0.5) is 0 Å². The lowest BCUT2D eigenvalue weighted by atomic mass is 10.1. The van der Waals surface area contributed by atoms with E-state index >= 15 is 0 Å². The van der Waals surface area contributed by atoms with Crippen LogP contribution in [0.15, 0.2) is 18.3 Å². The van der Waals surface area contributed by atoms with Gasteiger partial charge in [-0.15, -0.1) is 0 Å². The van der Waals surface area contributed by atoms with Gasteiger partial charge in [0.2, 0.25) is 0 Å². The molecule has 74 valence electrons. The molecule has 2 N–H and O–H groups in total. The van der Waals surface area contributed by atoms with Crippen molar-refractivity contribution < 1.29 is 19.8 Å². The zero-order valence-electron chi connectivity index (χ0n) is 7.47. The maximum absolute atomic E-state index is 10.6. The lowest BCUT2D eigenvalue weighted by Gasteiger charge is -2.04. The van der Waals surface area contributed by atoms with Gasteiger partial charge in [-0.3, -0.25) is 9.78 Å². The SMILES string of the molecule is CC(C(=O)O)c1ccc(C(=O)O)cn1. The number of aromatic nitrogens is 1. The summed E-state index contributed by atoms with van der Waals surface area (Å²) in [7, 11) is 0. The van der Waals surface area contributed by atoms with Crippen LogP contribution in [0, 0.1) is 0 Å². The molecule has 0 spiro atoms. The molecule has 0 amide bonds. The topological polar surface area (TPSA) is 87.5 Å². The fraction of sp³-hybridized carbons (Fsp3) is 0.222. The van der Waals surface area contributed by atoms with Gasteiger partial charge in [-0.05, 0) is 19.1 Å². The average Bonchev–Trinajstić information content (AvgIpc) is 2.16. The lowest BCUT2D eigenvalue weighted by Crippen LogP contribution is -2.09. The van der Waals surface area contributed by atoms with Crippen molar-refractivity contribution in [3.05, 3.63) is 29.6 Å². The average molecular weight is 195 g/mol. The van der Waals surface area contributed by atoms with E-state index in [1.54, 1.807) is 0 Å². The Labute approximate surface area is 80.0 Å². The van der Waals surface area contributed by atoms with E-state index in [0.29, 0.717) is 5.69 Å². The number of carbonyl (C=O) groups is 2. The van der Waals surface area contributed by atoms with Crippen LogP contribution < -0.4 is 0 Å². The molecule has 0 fully saturated rings. The Morgan fingerprint density at radius 3 is 2.36 bits per heavy atom. The third kappa shape index (κ3) is 2.07. The molecule has 0 aliphatic carbocycles. The first-order valence-corrected chi connectivity index (χ1v) is 3.94. The molecular weight excluding hydrogens is 186 g/mol. The summed E-state index contributed by atoms with van der Waals surface area (Å²) in [6, 6.07) is 2.74. The van der Waals surface area contributed by atoms with Crippen LogP contribution in [-0.2, 0) is 4.79 Å². The summed E-state index contributed by atoms with van der Waals surface area (Å²) in [4.78, 5) is 24.8. The molecular formula is C9H9NO4. The molecule has 14 heavy (non-hydrogen) atoms. The Morgan fingerprint density at radius 2 is 2.00 bits per heavy atom. The Hall–Kier alpha value is -1.91. The summed E-state index contributed by atoms with van der Waals surface area (Å²) in [5.41, 5.74) is 0.397. The second kappa shape index (κ2) is 3.87. The number of aromatic carboxylic acids is 1. The molecule has 0 radical (unpaired) electrons. The highest BCUT2D eigenvalue weighted by molar-refractivity contribution is 5.87. The summed E-state index contributed by atoms with van der Waals surface area (Å²) in [5, 5.41) is 17.2. The zero-order chi connectivity index (χ0) is 10.7. The summed E-state index contributed by atoms with van der Waals surface area (Å²) in [6.45, 7) is 1.49. The third-order valence-electron chi connectivity index (χ3n) is 1.85. The molecule has 1 aromatic heterocycles. The van der Waals surface area contributed by atoms with Crippen molar-refractivity contribution in [2.45, 2.75) is 12.8 Å². The number of hydrogen-bond acceptors (Lipinski definition) is 3. The van der Waals surface area contributed by atoms with Gasteiger partial charge in [-0.2, -0.15) is 0 Å². The number of aliphatic carboxylic acids is 1. The van der Waals surface area contributed by atoms with Gasteiger partial charge >= 0.3 is 11.9 Å². The van der Waals surface area contributed by atoms with Crippen LogP contribution >= 0.6 is 0 Å². The Bertz CT molecular complexity index is 358. The van der Waals surface area contributed by atoms with Crippen molar-refractivity contribution >= 4 is 11.9 Å². The van der Waals surface area contributed by atoms with Crippen molar-refractivity contribution in [3.63, 3.8) is 0 Å². The van der Waals surface area contributed by atoms with E-state index in [1.165, 1.54) is 19.1 Å². The molecule has 0 bridgehead atoms. The molecule has 0 aromatic carbocycles. The van der Waals surface area contributed by atoms with E-state index in [2.05, 4.69) is 4.98 Å². The van der Waals surface area contributed by atoms with E-state index in [0.717, 1.165) is 6.20 Å². The predicted molar refractivity (Wildman–Crippen MR) is 47.2 cm³/mol. The maximum atomic E-state index is 10.6. The van der Waals surface area contributed by atoms with E-state index < -0.39 is 17.9 Å². The van der Waals surface area contributed by atoms with E-state index in [-0.39, 0.29) is 5.56 Å². The van der Waals surface area contributed by atoms with Crippen LogP contribution in [-0.4, -0.2) is 27.1 Å². The van der Waals surface area contributed by atoms with Crippen molar-refractivity contribution in [2.24, 2.45) is 0 Å². The monoisotopic (exact) mass is 195 g/mol. The summed E-state index contributed by atoms with van der Waals surface area (Å²) < 4.78 is 0. The molecule has 1 rings (SSSR count). The van der Waals surface area contributed by atoms with Crippen molar-refractivity contribution in [1.82, 2.24) is 4.98 Å². The summed E-state index contributed by atoms with van der Waals surface area (Å²) >= 11 is 0. The zero-order valence-corrected chi connectivity index (χ0v) is 7.47. The molecule has 5 nitrogen and oxygen atoms in total.